The molecule has 2 aliphatic heterocycles. The maximum absolute atomic E-state index is 12.9. The molecule has 3 aliphatic rings. The van der Waals surface area contributed by atoms with Crippen LogP contribution in [-0.4, -0.2) is 76.2 Å². The van der Waals surface area contributed by atoms with Gasteiger partial charge in [-0.2, -0.15) is 4.98 Å². The number of hydrogen-bond donors (Lipinski definition) is 1. The number of anilines is 1. The average Bonchev–Trinajstić information content (AvgIpc) is 3.27. The zero-order valence-corrected chi connectivity index (χ0v) is 19.4. The van der Waals surface area contributed by atoms with Gasteiger partial charge in [-0.05, 0) is 38.3 Å². The average molecular weight is 461 g/mol. The summed E-state index contributed by atoms with van der Waals surface area (Å²) in [6.45, 7) is 5.28. The van der Waals surface area contributed by atoms with Crippen LogP contribution in [0.3, 0.4) is 0 Å². The number of rotatable bonds is 6. The van der Waals surface area contributed by atoms with Crippen molar-refractivity contribution in [2.75, 3.05) is 38.0 Å². The first-order chi connectivity index (χ1) is 15.5. The number of sulfonamides is 1. The smallest absolute Gasteiger partial charge is 0.252 e. The minimum atomic E-state index is -3.22. The third-order valence-corrected chi connectivity index (χ3v) is 9.52. The van der Waals surface area contributed by atoms with E-state index in [2.05, 4.69) is 22.1 Å². The maximum Gasteiger partial charge on any atom is 0.252 e. The first-order valence-electron chi connectivity index (χ1n) is 11.8. The van der Waals surface area contributed by atoms with E-state index in [1.54, 1.807) is 22.6 Å². The van der Waals surface area contributed by atoms with Crippen LogP contribution in [0, 0.1) is 0 Å². The summed E-state index contributed by atoms with van der Waals surface area (Å²) in [7, 11) is -3.22. The number of nitrogens with one attached hydrogen (secondary N) is 1. The topological polar surface area (TPSA) is 100 Å². The predicted molar refractivity (Wildman–Crippen MR) is 124 cm³/mol. The molecular weight excluding hydrogens is 428 g/mol. The molecule has 0 atom stereocenters. The number of fused-ring (bicyclic) bond motifs is 1. The molecule has 1 N–H and O–H groups in total. The van der Waals surface area contributed by atoms with Gasteiger partial charge in [0.1, 0.15) is 10.9 Å². The molecule has 32 heavy (non-hydrogen) atoms. The van der Waals surface area contributed by atoms with Gasteiger partial charge in [0, 0.05) is 55.9 Å². The van der Waals surface area contributed by atoms with Gasteiger partial charge in [0.05, 0.1) is 0 Å². The molecule has 0 radical (unpaired) electrons. The second-order valence-corrected chi connectivity index (χ2v) is 11.5. The molecule has 5 rings (SSSR count). The molecule has 1 saturated carbocycles. The van der Waals surface area contributed by atoms with Gasteiger partial charge < -0.3 is 10.2 Å². The van der Waals surface area contributed by atoms with Crippen molar-refractivity contribution in [3.05, 3.63) is 28.7 Å². The Labute approximate surface area is 188 Å². The summed E-state index contributed by atoms with van der Waals surface area (Å²) in [6, 6.07) is 3.71. The third kappa shape index (κ3) is 4.04. The van der Waals surface area contributed by atoms with E-state index in [1.165, 1.54) is 0 Å². The van der Waals surface area contributed by atoms with Gasteiger partial charge in [-0.25, -0.2) is 17.7 Å². The van der Waals surface area contributed by atoms with Gasteiger partial charge in [0.2, 0.25) is 16.0 Å². The van der Waals surface area contributed by atoms with Gasteiger partial charge >= 0.3 is 0 Å². The summed E-state index contributed by atoms with van der Waals surface area (Å²) in [5.74, 6) is 0.508. The summed E-state index contributed by atoms with van der Waals surface area (Å²) < 4.78 is 29.2. The first kappa shape index (κ1) is 21.8. The summed E-state index contributed by atoms with van der Waals surface area (Å²) >= 11 is 0. The Hall–Kier alpha value is -2.04. The molecule has 4 heterocycles. The van der Waals surface area contributed by atoms with Crippen molar-refractivity contribution < 1.29 is 8.42 Å². The van der Waals surface area contributed by atoms with Gasteiger partial charge in [0.25, 0.3) is 5.56 Å². The standard InChI is InChI=1S/C22H32N6O3S/c1-2-26-14-19(15-26)32(30,31)27-11-9-17(10-12-27)24-22-23-13-16-7-8-20(29)28(21(16)25-22)18-5-3-4-6-18/h7-8,13,17-19H,2-6,9-12,14-15H2,1H3,(H,23,24,25). The van der Waals surface area contributed by atoms with Crippen LogP contribution in [0.25, 0.3) is 11.0 Å². The molecule has 2 saturated heterocycles. The number of hydrogen-bond acceptors (Lipinski definition) is 7. The predicted octanol–water partition coefficient (Wildman–Crippen LogP) is 1.82. The number of pyridine rings is 1. The van der Waals surface area contributed by atoms with Gasteiger partial charge in [-0.1, -0.05) is 19.8 Å². The minimum absolute atomic E-state index is 0.00908. The molecule has 9 nitrogen and oxygen atoms in total. The van der Waals surface area contributed by atoms with E-state index in [9.17, 15) is 13.2 Å². The summed E-state index contributed by atoms with van der Waals surface area (Å²) in [6.07, 6.45) is 7.51. The van der Waals surface area contributed by atoms with Crippen LogP contribution >= 0.6 is 0 Å². The number of nitrogens with zero attached hydrogens (tertiary/aromatic N) is 5. The normalized spacial score (nSPS) is 22.4. The molecule has 2 aromatic rings. The lowest BCUT2D eigenvalue weighted by Gasteiger charge is -2.42. The van der Waals surface area contributed by atoms with E-state index >= 15 is 0 Å². The highest BCUT2D eigenvalue weighted by molar-refractivity contribution is 7.89. The number of likely N-dealkylation sites (tertiary alicyclic amines) is 1. The lowest BCUT2D eigenvalue weighted by molar-refractivity contribution is 0.187. The van der Waals surface area contributed by atoms with Crippen molar-refractivity contribution in [3.8, 4) is 0 Å². The van der Waals surface area contributed by atoms with Crippen molar-refractivity contribution in [3.63, 3.8) is 0 Å². The van der Waals surface area contributed by atoms with Crippen LogP contribution in [0.5, 0.6) is 0 Å². The Morgan fingerprint density at radius 3 is 2.50 bits per heavy atom. The molecule has 0 spiro atoms. The highest BCUT2D eigenvalue weighted by atomic mass is 32.2. The van der Waals surface area contributed by atoms with Crippen LogP contribution in [0.4, 0.5) is 5.95 Å². The van der Waals surface area contributed by atoms with Gasteiger partial charge in [0.15, 0.2) is 0 Å². The highest BCUT2D eigenvalue weighted by Crippen LogP contribution is 2.30. The minimum Gasteiger partial charge on any atom is -0.351 e. The third-order valence-electron chi connectivity index (χ3n) is 7.30. The van der Waals surface area contributed by atoms with E-state index in [4.69, 9.17) is 4.98 Å². The van der Waals surface area contributed by atoms with Crippen LogP contribution in [0.1, 0.15) is 51.5 Å². The Bertz CT molecular complexity index is 1130. The molecule has 2 aromatic heterocycles. The van der Waals surface area contributed by atoms with Crippen LogP contribution in [-0.2, 0) is 10.0 Å². The fourth-order valence-electron chi connectivity index (χ4n) is 5.24. The van der Waals surface area contributed by atoms with Gasteiger partial charge in [-0.15, -0.1) is 0 Å². The molecule has 0 aromatic carbocycles. The maximum atomic E-state index is 12.9. The lowest BCUT2D eigenvalue weighted by Crippen LogP contribution is -2.59. The zero-order chi connectivity index (χ0) is 22.3. The molecule has 1 aliphatic carbocycles. The first-order valence-corrected chi connectivity index (χ1v) is 13.3. The highest BCUT2D eigenvalue weighted by Gasteiger charge is 2.41. The second-order valence-electron chi connectivity index (χ2n) is 9.29. The lowest BCUT2D eigenvalue weighted by atomic mass is 10.1. The Balaban J connectivity index is 1.27. The fraction of sp³-hybridized carbons (Fsp3) is 0.682. The Morgan fingerprint density at radius 1 is 1.09 bits per heavy atom. The van der Waals surface area contributed by atoms with Crippen molar-refractivity contribution >= 4 is 27.0 Å². The van der Waals surface area contributed by atoms with E-state index in [-0.39, 0.29) is 22.9 Å². The molecule has 174 valence electrons. The van der Waals surface area contributed by atoms with Crippen molar-refractivity contribution in [2.45, 2.75) is 62.8 Å². The molecule has 0 unspecified atom stereocenters. The molecular formula is C22H32N6O3S. The van der Waals surface area contributed by atoms with E-state index < -0.39 is 10.0 Å². The zero-order valence-electron chi connectivity index (χ0n) is 18.6. The fourth-order valence-corrected chi connectivity index (χ4v) is 7.18. The summed E-state index contributed by atoms with van der Waals surface area (Å²) in [5.41, 5.74) is 0.678. The Morgan fingerprint density at radius 2 is 1.81 bits per heavy atom. The molecule has 10 heteroatoms. The Kier molecular flexibility index (Phi) is 5.94. The summed E-state index contributed by atoms with van der Waals surface area (Å²) in [5, 5.41) is 3.99. The summed E-state index contributed by atoms with van der Waals surface area (Å²) in [4.78, 5) is 23.9. The monoisotopic (exact) mass is 460 g/mol. The SMILES string of the molecule is CCN1CC(S(=O)(=O)N2CCC(Nc3ncc4ccc(=O)n(C5CCCC5)c4n3)CC2)C1. The number of piperidine rings is 1. The van der Waals surface area contributed by atoms with Crippen LogP contribution < -0.4 is 10.9 Å². The van der Waals surface area contributed by atoms with E-state index in [0.29, 0.717) is 37.8 Å². The van der Waals surface area contributed by atoms with Crippen LogP contribution in [0.15, 0.2) is 23.1 Å². The molecule has 0 amide bonds. The van der Waals surface area contributed by atoms with Gasteiger partial charge in [-0.3, -0.25) is 9.36 Å². The van der Waals surface area contributed by atoms with E-state index in [0.717, 1.165) is 50.5 Å². The number of aromatic nitrogens is 3. The van der Waals surface area contributed by atoms with Crippen molar-refractivity contribution in [2.24, 2.45) is 0 Å². The van der Waals surface area contributed by atoms with Crippen molar-refractivity contribution in [1.29, 1.82) is 0 Å². The van der Waals surface area contributed by atoms with Crippen molar-refractivity contribution in [1.82, 2.24) is 23.7 Å². The van der Waals surface area contributed by atoms with Crippen LogP contribution in [0.2, 0.25) is 0 Å². The quantitative estimate of drug-likeness (QED) is 0.702. The largest absolute Gasteiger partial charge is 0.351 e. The molecule has 0 bridgehead atoms. The molecule has 3 fully saturated rings. The second kappa shape index (κ2) is 8.72. The van der Waals surface area contributed by atoms with E-state index in [1.807, 2.05) is 4.57 Å².